The highest BCUT2D eigenvalue weighted by molar-refractivity contribution is 6.04. The predicted molar refractivity (Wildman–Crippen MR) is 70.2 cm³/mol. The monoisotopic (exact) mass is 240 g/mol. The first-order valence-electron chi connectivity index (χ1n) is 6.81. The Morgan fingerprint density at radius 3 is 3.06 bits per heavy atom. The molecule has 0 N–H and O–H groups in total. The molecule has 3 heteroatoms. The van der Waals surface area contributed by atoms with Gasteiger partial charge in [-0.05, 0) is 30.9 Å². The minimum absolute atomic E-state index is 0.275. The third kappa shape index (κ3) is 1.30. The summed E-state index contributed by atoms with van der Waals surface area (Å²) < 4.78 is 0. The van der Waals surface area contributed by atoms with E-state index >= 15 is 0 Å². The van der Waals surface area contributed by atoms with E-state index in [2.05, 4.69) is 23.1 Å². The van der Waals surface area contributed by atoms with Crippen LogP contribution in [0.25, 0.3) is 0 Å². The van der Waals surface area contributed by atoms with Gasteiger partial charge >= 0.3 is 0 Å². The average Bonchev–Trinajstić information content (AvgIpc) is 2.78. The standard InChI is InChI=1S/C15H16N2O/c18-14-7-3-6-13-15-11(8-9-17(13)14)10-4-1-2-5-12(10)16-15/h1-2,4-5,11,13H,3,6-9H2. The highest BCUT2D eigenvalue weighted by atomic mass is 16.2. The summed E-state index contributed by atoms with van der Waals surface area (Å²) in [6.07, 6.45) is 3.87. The molecule has 2 atom stereocenters. The maximum absolute atomic E-state index is 12.0. The second kappa shape index (κ2) is 3.67. The number of benzene rings is 1. The smallest absolute Gasteiger partial charge is 0.223 e. The van der Waals surface area contributed by atoms with Crippen LogP contribution < -0.4 is 0 Å². The second-order valence-electron chi connectivity index (χ2n) is 5.43. The van der Waals surface area contributed by atoms with Crippen LogP contribution in [0.15, 0.2) is 29.3 Å². The molecule has 1 aromatic carbocycles. The summed E-state index contributed by atoms with van der Waals surface area (Å²) in [5.74, 6) is 0.789. The minimum Gasteiger partial charge on any atom is -0.334 e. The lowest BCUT2D eigenvalue weighted by Gasteiger charge is -2.42. The van der Waals surface area contributed by atoms with E-state index in [9.17, 15) is 4.79 Å². The summed E-state index contributed by atoms with van der Waals surface area (Å²) in [5, 5.41) is 0. The van der Waals surface area contributed by atoms with E-state index in [0.717, 1.165) is 37.9 Å². The van der Waals surface area contributed by atoms with Crippen LogP contribution in [0.2, 0.25) is 0 Å². The predicted octanol–water partition coefficient (Wildman–Crippen LogP) is 2.64. The van der Waals surface area contributed by atoms with E-state index in [1.807, 2.05) is 6.07 Å². The molecule has 0 spiro atoms. The molecule has 2 saturated heterocycles. The molecule has 3 heterocycles. The van der Waals surface area contributed by atoms with Crippen molar-refractivity contribution in [1.29, 1.82) is 0 Å². The van der Waals surface area contributed by atoms with Gasteiger partial charge in [-0.1, -0.05) is 18.2 Å². The molecule has 0 saturated carbocycles. The zero-order chi connectivity index (χ0) is 12.1. The van der Waals surface area contributed by atoms with Gasteiger partial charge < -0.3 is 4.90 Å². The summed E-state index contributed by atoms with van der Waals surface area (Å²) in [5.41, 5.74) is 3.73. The van der Waals surface area contributed by atoms with Crippen LogP contribution in [0.3, 0.4) is 0 Å². The maximum Gasteiger partial charge on any atom is 0.223 e. The van der Waals surface area contributed by atoms with Crippen LogP contribution >= 0.6 is 0 Å². The van der Waals surface area contributed by atoms with Crippen molar-refractivity contribution < 1.29 is 4.79 Å². The molecule has 0 aromatic heterocycles. The van der Waals surface area contributed by atoms with Gasteiger partial charge in [0.15, 0.2) is 0 Å². The van der Waals surface area contributed by atoms with Crippen LogP contribution in [0, 0.1) is 0 Å². The van der Waals surface area contributed by atoms with E-state index < -0.39 is 0 Å². The van der Waals surface area contributed by atoms with Crippen molar-refractivity contribution >= 4 is 17.3 Å². The molecular formula is C15H16N2O. The van der Waals surface area contributed by atoms with E-state index in [1.165, 1.54) is 11.3 Å². The van der Waals surface area contributed by atoms with Crippen molar-refractivity contribution in [2.75, 3.05) is 6.54 Å². The number of fused-ring (bicyclic) bond motifs is 5. The van der Waals surface area contributed by atoms with Crippen LogP contribution in [-0.4, -0.2) is 29.1 Å². The number of piperidine rings is 2. The number of aliphatic imine (C=N–C) groups is 1. The second-order valence-corrected chi connectivity index (χ2v) is 5.43. The van der Waals surface area contributed by atoms with Gasteiger partial charge in [0.25, 0.3) is 0 Å². The first-order valence-corrected chi connectivity index (χ1v) is 6.81. The molecule has 0 radical (unpaired) electrons. The lowest BCUT2D eigenvalue weighted by molar-refractivity contribution is -0.135. The van der Waals surface area contributed by atoms with Crippen LogP contribution in [-0.2, 0) is 4.79 Å². The minimum atomic E-state index is 0.275. The topological polar surface area (TPSA) is 32.7 Å². The van der Waals surface area contributed by atoms with Crippen LogP contribution in [0.5, 0.6) is 0 Å². The molecule has 4 rings (SSSR count). The number of para-hydroxylation sites is 1. The van der Waals surface area contributed by atoms with Crippen molar-refractivity contribution in [3.63, 3.8) is 0 Å². The van der Waals surface area contributed by atoms with E-state index in [0.29, 0.717) is 11.8 Å². The molecule has 2 unspecified atom stereocenters. The van der Waals surface area contributed by atoms with Crippen molar-refractivity contribution in [3.05, 3.63) is 29.8 Å². The first kappa shape index (κ1) is 10.3. The Morgan fingerprint density at radius 2 is 2.11 bits per heavy atom. The van der Waals surface area contributed by atoms with Gasteiger partial charge in [-0.25, -0.2) is 0 Å². The van der Waals surface area contributed by atoms with Gasteiger partial charge in [-0.3, -0.25) is 9.79 Å². The largest absolute Gasteiger partial charge is 0.334 e. The summed E-state index contributed by atoms with van der Waals surface area (Å²) in [6.45, 7) is 0.904. The number of rotatable bonds is 0. The van der Waals surface area contributed by atoms with Crippen molar-refractivity contribution in [2.45, 2.75) is 37.6 Å². The number of hydrogen-bond acceptors (Lipinski definition) is 2. The Kier molecular flexibility index (Phi) is 2.10. The van der Waals surface area contributed by atoms with Gasteiger partial charge in [0.1, 0.15) is 0 Å². The fraction of sp³-hybridized carbons (Fsp3) is 0.467. The normalized spacial score (nSPS) is 29.4. The first-order chi connectivity index (χ1) is 8.84. The molecule has 92 valence electrons. The van der Waals surface area contributed by atoms with Crippen LogP contribution in [0.4, 0.5) is 5.69 Å². The summed E-state index contributed by atoms with van der Waals surface area (Å²) >= 11 is 0. The molecule has 1 aromatic rings. The summed E-state index contributed by atoms with van der Waals surface area (Å²) in [4.78, 5) is 18.8. The van der Waals surface area contributed by atoms with Gasteiger partial charge in [0.2, 0.25) is 5.91 Å². The quantitative estimate of drug-likeness (QED) is 0.686. The van der Waals surface area contributed by atoms with Gasteiger partial charge in [0.05, 0.1) is 11.7 Å². The Bertz CT molecular complexity index is 549. The Hall–Kier alpha value is -1.64. The third-order valence-corrected chi connectivity index (χ3v) is 4.48. The number of hydrogen-bond donors (Lipinski definition) is 0. The fourth-order valence-electron chi connectivity index (χ4n) is 3.65. The Morgan fingerprint density at radius 1 is 1.22 bits per heavy atom. The van der Waals surface area contributed by atoms with Crippen molar-refractivity contribution in [2.24, 2.45) is 4.99 Å². The Balaban J connectivity index is 1.76. The number of amides is 1. The number of carbonyl (C=O) groups excluding carboxylic acids is 1. The van der Waals surface area contributed by atoms with Crippen molar-refractivity contribution in [1.82, 2.24) is 4.90 Å². The maximum atomic E-state index is 12.0. The molecule has 0 bridgehead atoms. The molecule has 2 fully saturated rings. The Labute approximate surface area is 107 Å². The summed E-state index contributed by atoms with van der Waals surface area (Å²) in [6, 6.07) is 8.70. The average molecular weight is 240 g/mol. The number of carbonyl (C=O) groups is 1. The summed E-state index contributed by atoms with van der Waals surface area (Å²) in [7, 11) is 0. The highest BCUT2D eigenvalue weighted by Crippen LogP contribution is 2.43. The van der Waals surface area contributed by atoms with E-state index in [1.54, 1.807) is 0 Å². The number of nitrogens with zero attached hydrogens (tertiary/aromatic N) is 2. The molecule has 3 aliphatic heterocycles. The SMILES string of the molecule is O=C1CCCC2C3=Nc4ccccc4C3CCN12. The van der Waals surface area contributed by atoms with Gasteiger partial charge in [0, 0.05) is 24.6 Å². The third-order valence-electron chi connectivity index (χ3n) is 4.48. The highest BCUT2D eigenvalue weighted by Gasteiger charge is 2.42. The van der Waals surface area contributed by atoms with E-state index in [-0.39, 0.29) is 6.04 Å². The molecule has 3 aliphatic rings. The van der Waals surface area contributed by atoms with Gasteiger partial charge in [-0.15, -0.1) is 0 Å². The molecule has 1 amide bonds. The van der Waals surface area contributed by atoms with Gasteiger partial charge in [-0.2, -0.15) is 0 Å². The molecule has 0 aliphatic carbocycles. The van der Waals surface area contributed by atoms with Crippen LogP contribution in [0.1, 0.15) is 37.2 Å². The molecule has 18 heavy (non-hydrogen) atoms. The van der Waals surface area contributed by atoms with E-state index in [4.69, 9.17) is 4.99 Å². The fourth-order valence-corrected chi connectivity index (χ4v) is 3.65. The zero-order valence-corrected chi connectivity index (χ0v) is 10.3. The molecule has 3 nitrogen and oxygen atoms in total. The van der Waals surface area contributed by atoms with Crippen molar-refractivity contribution in [3.8, 4) is 0 Å². The zero-order valence-electron chi connectivity index (χ0n) is 10.3. The lowest BCUT2D eigenvalue weighted by Crippen LogP contribution is -2.53. The molecular weight excluding hydrogens is 224 g/mol. The lowest BCUT2D eigenvalue weighted by atomic mass is 9.81.